The van der Waals surface area contributed by atoms with E-state index in [1.807, 2.05) is 26.0 Å². The second kappa shape index (κ2) is 8.38. The molecule has 28 heavy (non-hydrogen) atoms. The Morgan fingerprint density at radius 3 is 2.54 bits per heavy atom. The second-order valence-electron chi connectivity index (χ2n) is 6.90. The lowest BCUT2D eigenvalue weighted by Gasteiger charge is -2.37. The first-order valence-electron chi connectivity index (χ1n) is 9.20. The number of halogens is 1. The molecule has 7 nitrogen and oxygen atoms in total. The van der Waals surface area contributed by atoms with E-state index < -0.39 is 17.7 Å². The molecule has 0 atom stereocenters. The van der Waals surface area contributed by atoms with Crippen molar-refractivity contribution in [2.75, 3.05) is 26.8 Å². The van der Waals surface area contributed by atoms with Crippen LogP contribution in [-0.4, -0.2) is 49.6 Å². The number of piperidine rings is 1. The van der Waals surface area contributed by atoms with Crippen LogP contribution in [0.5, 0.6) is 0 Å². The number of carbonyl (C=O) groups excluding carboxylic acids is 2. The Morgan fingerprint density at radius 2 is 1.93 bits per heavy atom. The van der Waals surface area contributed by atoms with E-state index in [4.69, 9.17) is 19.0 Å². The number of hydrogen-bond acceptors (Lipinski definition) is 7. The van der Waals surface area contributed by atoms with Gasteiger partial charge < -0.3 is 19.0 Å². The van der Waals surface area contributed by atoms with Crippen LogP contribution in [0.15, 0.2) is 17.9 Å². The van der Waals surface area contributed by atoms with E-state index in [1.165, 1.54) is 0 Å². The number of ether oxygens (including phenoxy) is 3. The van der Waals surface area contributed by atoms with Crippen molar-refractivity contribution in [2.24, 2.45) is 0 Å². The monoisotopic (exact) mass is 501 g/mol. The third kappa shape index (κ3) is 3.90. The highest BCUT2D eigenvalue weighted by Crippen LogP contribution is 2.45. The van der Waals surface area contributed by atoms with Gasteiger partial charge in [0.2, 0.25) is 0 Å². The molecule has 0 saturated carbocycles. The summed E-state index contributed by atoms with van der Waals surface area (Å²) >= 11 is 2.26. The first kappa shape index (κ1) is 21.1. The first-order valence-corrected chi connectivity index (χ1v) is 10.3. The fourth-order valence-electron chi connectivity index (χ4n) is 3.61. The van der Waals surface area contributed by atoms with Crippen LogP contribution in [0.25, 0.3) is 5.57 Å². The molecule has 0 aliphatic carbocycles. The predicted molar refractivity (Wildman–Crippen MR) is 110 cm³/mol. The molecule has 152 valence electrons. The number of hydroxylamine groups is 2. The van der Waals surface area contributed by atoms with Gasteiger partial charge in [0.1, 0.15) is 5.57 Å². The van der Waals surface area contributed by atoms with Gasteiger partial charge in [0.15, 0.2) is 11.4 Å². The molecular formula is C20H24INO6. The molecule has 2 aliphatic heterocycles. The minimum absolute atomic E-state index is 0.183. The van der Waals surface area contributed by atoms with Gasteiger partial charge in [-0.05, 0) is 72.2 Å². The summed E-state index contributed by atoms with van der Waals surface area (Å²) in [5, 5.41) is 1.79. The second-order valence-corrected chi connectivity index (χ2v) is 8.06. The molecule has 0 radical (unpaired) electrons. The third-order valence-electron chi connectivity index (χ3n) is 5.14. The Kier molecular flexibility index (Phi) is 6.31. The Balaban J connectivity index is 2.10. The first-order chi connectivity index (χ1) is 13.3. The maximum absolute atomic E-state index is 12.9. The number of nitrogens with zero attached hydrogens (tertiary/aromatic N) is 1. The van der Waals surface area contributed by atoms with E-state index >= 15 is 0 Å². The lowest BCUT2D eigenvalue weighted by molar-refractivity contribution is -0.183. The van der Waals surface area contributed by atoms with E-state index in [0.717, 1.165) is 14.7 Å². The van der Waals surface area contributed by atoms with Crippen LogP contribution in [-0.2, 0) is 23.8 Å². The summed E-state index contributed by atoms with van der Waals surface area (Å²) in [6, 6.07) is 3.94. The van der Waals surface area contributed by atoms with Crippen molar-refractivity contribution in [3.05, 3.63) is 38.2 Å². The molecule has 2 aliphatic rings. The molecule has 8 heteroatoms. The van der Waals surface area contributed by atoms with E-state index in [2.05, 4.69) is 22.6 Å². The van der Waals surface area contributed by atoms with Crippen molar-refractivity contribution in [1.29, 1.82) is 0 Å². The molecule has 0 unspecified atom stereocenters. The van der Waals surface area contributed by atoms with Crippen molar-refractivity contribution in [3.63, 3.8) is 0 Å². The molecular weight excluding hydrogens is 477 g/mol. The number of hydrogen-bond donors (Lipinski definition) is 0. The topological polar surface area (TPSA) is 74.3 Å². The number of carbonyl (C=O) groups is 2. The molecule has 0 bridgehead atoms. The molecule has 3 rings (SSSR count). The fraction of sp³-hybridized carbons (Fsp3) is 0.500. The maximum Gasteiger partial charge on any atom is 0.513 e. The minimum atomic E-state index is -0.989. The average Bonchev–Trinajstić information content (AvgIpc) is 2.90. The molecule has 0 amide bonds. The summed E-state index contributed by atoms with van der Waals surface area (Å²) in [6.07, 6.45) is 0.0993. The lowest BCUT2D eigenvalue weighted by Crippen LogP contribution is -2.46. The van der Waals surface area contributed by atoms with E-state index in [9.17, 15) is 9.59 Å². The smallest absolute Gasteiger partial charge is 0.447 e. The highest BCUT2D eigenvalue weighted by Gasteiger charge is 2.52. The largest absolute Gasteiger partial charge is 0.513 e. The van der Waals surface area contributed by atoms with Gasteiger partial charge in [-0.15, -0.1) is 0 Å². The predicted octanol–water partition coefficient (Wildman–Crippen LogP) is 3.75. The van der Waals surface area contributed by atoms with Gasteiger partial charge in [-0.3, -0.25) is 0 Å². The van der Waals surface area contributed by atoms with Crippen molar-refractivity contribution < 1.29 is 28.6 Å². The van der Waals surface area contributed by atoms with Crippen LogP contribution < -0.4 is 0 Å². The summed E-state index contributed by atoms with van der Waals surface area (Å²) in [4.78, 5) is 30.4. The summed E-state index contributed by atoms with van der Waals surface area (Å²) in [6.45, 7) is 6.89. The highest BCUT2D eigenvalue weighted by molar-refractivity contribution is 14.1. The van der Waals surface area contributed by atoms with Gasteiger partial charge in [-0.1, -0.05) is 0 Å². The molecule has 0 aromatic heterocycles. The van der Waals surface area contributed by atoms with E-state index in [-0.39, 0.29) is 12.4 Å². The van der Waals surface area contributed by atoms with Gasteiger partial charge >= 0.3 is 12.1 Å². The van der Waals surface area contributed by atoms with Crippen LogP contribution in [0.2, 0.25) is 0 Å². The Labute approximate surface area is 178 Å². The van der Waals surface area contributed by atoms with Crippen LogP contribution in [0.1, 0.15) is 36.5 Å². The lowest BCUT2D eigenvalue weighted by atomic mass is 9.87. The molecule has 1 spiro atoms. The maximum atomic E-state index is 12.9. The summed E-state index contributed by atoms with van der Waals surface area (Å²) in [7, 11) is 1.60. The van der Waals surface area contributed by atoms with Crippen molar-refractivity contribution in [3.8, 4) is 0 Å². The van der Waals surface area contributed by atoms with Crippen molar-refractivity contribution in [1.82, 2.24) is 5.06 Å². The standard InChI is InChI=1S/C20H24INO6/c1-5-26-19(24)27-17-16(14-10-13(3)15(21)11-12(14)2)18(23)28-20(17)6-8-22(25-4)9-7-20/h10-11H,5-9H2,1-4H3. The number of benzene rings is 1. The van der Waals surface area contributed by atoms with Crippen LogP contribution in [0.4, 0.5) is 4.79 Å². The third-order valence-corrected chi connectivity index (χ3v) is 6.31. The van der Waals surface area contributed by atoms with Gasteiger partial charge in [-0.2, -0.15) is 5.06 Å². The fourth-order valence-corrected chi connectivity index (χ4v) is 4.23. The SMILES string of the molecule is CCOC(=O)OC1=C(c2cc(C)c(I)cc2C)C(=O)OC12CCN(OC)CC2. The zero-order valence-electron chi connectivity index (χ0n) is 16.5. The van der Waals surface area contributed by atoms with Crippen LogP contribution in [0.3, 0.4) is 0 Å². The quantitative estimate of drug-likeness (QED) is 0.460. The van der Waals surface area contributed by atoms with Gasteiger partial charge in [-0.25, -0.2) is 9.59 Å². The Hall–Kier alpha value is -1.65. The zero-order valence-corrected chi connectivity index (χ0v) is 18.6. The molecule has 0 N–H and O–H groups in total. The molecule has 2 heterocycles. The van der Waals surface area contributed by atoms with Crippen LogP contribution >= 0.6 is 22.6 Å². The van der Waals surface area contributed by atoms with E-state index in [0.29, 0.717) is 37.1 Å². The summed E-state index contributed by atoms with van der Waals surface area (Å²) < 4.78 is 17.5. The normalized spacial score (nSPS) is 19.1. The zero-order chi connectivity index (χ0) is 20.5. The Bertz CT molecular complexity index is 826. The number of rotatable bonds is 4. The van der Waals surface area contributed by atoms with Gasteiger partial charge in [0.25, 0.3) is 0 Å². The highest BCUT2D eigenvalue weighted by atomic mass is 127. The molecule has 1 fully saturated rings. The molecule has 1 saturated heterocycles. The summed E-state index contributed by atoms with van der Waals surface area (Å²) in [5.41, 5.74) is 1.98. The van der Waals surface area contributed by atoms with Crippen molar-refractivity contribution in [2.45, 2.75) is 39.2 Å². The van der Waals surface area contributed by atoms with Gasteiger partial charge in [0, 0.05) is 29.5 Å². The number of aryl methyl sites for hydroxylation is 2. The van der Waals surface area contributed by atoms with Gasteiger partial charge in [0.05, 0.1) is 13.7 Å². The van der Waals surface area contributed by atoms with E-state index in [1.54, 1.807) is 19.1 Å². The minimum Gasteiger partial charge on any atom is -0.447 e. The van der Waals surface area contributed by atoms with Crippen molar-refractivity contribution >= 4 is 40.3 Å². The number of esters is 1. The average molecular weight is 501 g/mol. The van der Waals surface area contributed by atoms with Crippen LogP contribution in [0, 0.1) is 17.4 Å². The molecule has 1 aromatic carbocycles. The summed E-state index contributed by atoms with van der Waals surface area (Å²) in [5.74, 6) is -0.232. The Morgan fingerprint density at radius 1 is 1.25 bits per heavy atom. The molecule has 1 aromatic rings.